The third-order valence-electron chi connectivity index (χ3n) is 1.84. The fourth-order valence-electron chi connectivity index (χ4n) is 1.09. The average molecular weight is 450 g/mol. The summed E-state index contributed by atoms with van der Waals surface area (Å²) in [6.45, 7) is 1.91. The molecular formula is C9H4BrCl2IN2S. The van der Waals surface area contributed by atoms with Gasteiger partial charge in [0.1, 0.15) is 9.49 Å². The summed E-state index contributed by atoms with van der Waals surface area (Å²) in [7, 11) is 0. The monoisotopic (exact) mass is 448 g/mol. The van der Waals surface area contributed by atoms with Gasteiger partial charge in [-0.1, -0.05) is 23.2 Å². The Labute approximate surface area is 129 Å². The normalized spacial score (nSPS) is 10.8. The van der Waals surface area contributed by atoms with Crippen molar-refractivity contribution in [1.82, 2.24) is 9.97 Å². The van der Waals surface area contributed by atoms with Gasteiger partial charge in [0.25, 0.3) is 0 Å². The first-order valence-corrected chi connectivity index (χ1v) is 7.58. The minimum absolute atomic E-state index is 0.476. The van der Waals surface area contributed by atoms with Crippen molar-refractivity contribution >= 4 is 73.1 Å². The van der Waals surface area contributed by atoms with Crippen LogP contribution in [-0.2, 0) is 0 Å². The second-order valence-corrected chi connectivity index (χ2v) is 6.92. The van der Waals surface area contributed by atoms with Crippen LogP contribution in [0.2, 0.25) is 9.49 Å². The molecule has 0 fully saturated rings. The van der Waals surface area contributed by atoms with E-state index in [1.807, 2.05) is 13.0 Å². The Morgan fingerprint density at radius 3 is 2.56 bits per heavy atom. The molecule has 0 aromatic carbocycles. The molecule has 0 aliphatic rings. The van der Waals surface area contributed by atoms with Gasteiger partial charge in [-0.15, -0.1) is 11.3 Å². The van der Waals surface area contributed by atoms with Crippen LogP contribution in [0.25, 0.3) is 10.7 Å². The molecule has 0 saturated carbocycles. The van der Waals surface area contributed by atoms with Gasteiger partial charge >= 0.3 is 0 Å². The lowest BCUT2D eigenvalue weighted by Gasteiger charge is -2.02. The van der Waals surface area contributed by atoms with Gasteiger partial charge in [0.15, 0.2) is 5.82 Å². The molecule has 0 bridgehead atoms. The van der Waals surface area contributed by atoms with Crippen LogP contribution in [0.4, 0.5) is 0 Å². The minimum Gasteiger partial charge on any atom is -0.231 e. The third kappa shape index (κ3) is 2.53. The molecule has 2 nitrogen and oxygen atoms in total. The van der Waals surface area contributed by atoms with E-state index in [2.05, 4.69) is 48.5 Å². The number of aryl methyl sites for hydroxylation is 1. The number of aromatic nitrogens is 2. The van der Waals surface area contributed by atoms with Gasteiger partial charge < -0.3 is 0 Å². The summed E-state index contributed by atoms with van der Waals surface area (Å²) in [5.41, 5.74) is 0.872. The summed E-state index contributed by atoms with van der Waals surface area (Å²) >= 11 is 18.9. The van der Waals surface area contributed by atoms with Crippen molar-refractivity contribution in [1.29, 1.82) is 0 Å². The van der Waals surface area contributed by atoms with Crippen molar-refractivity contribution in [2.24, 2.45) is 0 Å². The van der Waals surface area contributed by atoms with Crippen molar-refractivity contribution in [3.05, 3.63) is 29.3 Å². The highest BCUT2D eigenvalue weighted by Gasteiger charge is 2.12. The van der Waals surface area contributed by atoms with E-state index in [9.17, 15) is 0 Å². The summed E-state index contributed by atoms with van der Waals surface area (Å²) in [5, 5.41) is 0.476. The molecule has 0 amide bonds. The van der Waals surface area contributed by atoms with E-state index in [1.165, 1.54) is 11.3 Å². The Balaban J connectivity index is 2.56. The van der Waals surface area contributed by atoms with E-state index in [-0.39, 0.29) is 0 Å². The molecule has 2 aromatic rings. The van der Waals surface area contributed by atoms with E-state index < -0.39 is 0 Å². The summed E-state index contributed by atoms with van der Waals surface area (Å²) in [4.78, 5) is 9.52. The fourth-order valence-corrected chi connectivity index (χ4v) is 3.19. The molecule has 0 saturated heterocycles. The quantitative estimate of drug-likeness (QED) is 0.442. The molecule has 0 aliphatic carbocycles. The van der Waals surface area contributed by atoms with Gasteiger partial charge in [0.05, 0.1) is 14.1 Å². The number of hydrogen-bond acceptors (Lipinski definition) is 3. The molecular weight excluding hydrogens is 446 g/mol. The van der Waals surface area contributed by atoms with E-state index in [4.69, 9.17) is 23.2 Å². The minimum atomic E-state index is 0.476. The lowest BCUT2D eigenvalue weighted by Crippen LogP contribution is -1.95. The van der Waals surface area contributed by atoms with E-state index in [0.717, 1.165) is 18.6 Å². The summed E-state index contributed by atoms with van der Waals surface area (Å²) in [6.07, 6.45) is 0. The Morgan fingerprint density at radius 2 is 2.06 bits per heavy atom. The van der Waals surface area contributed by atoms with Crippen LogP contribution in [0, 0.1) is 10.5 Å². The molecule has 16 heavy (non-hydrogen) atoms. The fraction of sp³-hybridized carbons (Fsp3) is 0.111. The van der Waals surface area contributed by atoms with Gasteiger partial charge in [-0.3, -0.25) is 0 Å². The van der Waals surface area contributed by atoms with Gasteiger partial charge in [-0.25, -0.2) is 9.97 Å². The zero-order chi connectivity index (χ0) is 11.9. The summed E-state index contributed by atoms with van der Waals surface area (Å²) in [5.74, 6) is 0.612. The average Bonchev–Trinajstić information content (AvgIpc) is 2.55. The maximum Gasteiger partial charge on any atom is 0.171 e. The first-order chi connectivity index (χ1) is 7.49. The van der Waals surface area contributed by atoms with Crippen LogP contribution < -0.4 is 0 Å². The van der Waals surface area contributed by atoms with E-state index >= 15 is 0 Å². The van der Waals surface area contributed by atoms with Gasteiger partial charge in [-0.2, -0.15) is 0 Å². The Bertz CT molecular complexity index is 516. The molecule has 0 aliphatic heterocycles. The highest BCUT2D eigenvalue weighted by Crippen LogP contribution is 2.37. The van der Waals surface area contributed by atoms with E-state index in [0.29, 0.717) is 15.3 Å². The van der Waals surface area contributed by atoms with Crippen molar-refractivity contribution in [3.8, 4) is 10.7 Å². The SMILES string of the molecule is Cc1nc(-c2cc(Br)c(Cl)s2)nc(Cl)c1I. The Kier molecular flexibility index (Phi) is 4.11. The predicted octanol–water partition coefficient (Wildman–Crippen LogP) is 5.19. The van der Waals surface area contributed by atoms with Crippen molar-refractivity contribution in [2.75, 3.05) is 0 Å². The number of hydrogen-bond donors (Lipinski definition) is 0. The molecule has 2 aromatic heterocycles. The van der Waals surface area contributed by atoms with Crippen LogP contribution in [0.1, 0.15) is 5.69 Å². The van der Waals surface area contributed by atoms with Crippen molar-refractivity contribution in [3.63, 3.8) is 0 Å². The molecule has 0 N–H and O–H groups in total. The highest BCUT2D eigenvalue weighted by molar-refractivity contribution is 14.1. The predicted molar refractivity (Wildman–Crippen MR) is 80.5 cm³/mol. The molecule has 0 unspecified atom stereocenters. The van der Waals surface area contributed by atoms with Gasteiger partial charge in [-0.05, 0) is 51.5 Å². The molecule has 7 heteroatoms. The maximum atomic E-state index is 6.02. The number of rotatable bonds is 1. The molecule has 0 spiro atoms. The van der Waals surface area contributed by atoms with Crippen molar-refractivity contribution < 1.29 is 0 Å². The van der Waals surface area contributed by atoms with Gasteiger partial charge in [0.2, 0.25) is 0 Å². The second kappa shape index (κ2) is 5.06. The first-order valence-electron chi connectivity index (χ1n) is 4.14. The zero-order valence-corrected chi connectivity index (χ0v) is 14.0. The molecule has 84 valence electrons. The third-order valence-corrected chi connectivity index (χ3v) is 6.20. The maximum absolute atomic E-state index is 6.02. The standard InChI is InChI=1S/C9H4BrCl2IN2S/c1-3-6(13)7(11)15-9(14-3)5-2-4(10)8(12)16-5/h2H,1H3. The van der Waals surface area contributed by atoms with Crippen LogP contribution in [0.5, 0.6) is 0 Å². The molecule has 2 rings (SSSR count). The zero-order valence-electron chi connectivity index (χ0n) is 7.89. The summed E-state index contributed by atoms with van der Waals surface area (Å²) < 4.78 is 2.42. The lowest BCUT2D eigenvalue weighted by molar-refractivity contribution is 1.10. The van der Waals surface area contributed by atoms with Crippen LogP contribution in [-0.4, -0.2) is 9.97 Å². The molecule has 2 heterocycles. The van der Waals surface area contributed by atoms with Crippen LogP contribution in [0.15, 0.2) is 10.5 Å². The van der Waals surface area contributed by atoms with Crippen LogP contribution in [0.3, 0.4) is 0 Å². The summed E-state index contributed by atoms with van der Waals surface area (Å²) in [6, 6.07) is 1.89. The smallest absolute Gasteiger partial charge is 0.171 e. The highest BCUT2D eigenvalue weighted by atomic mass is 127. The molecule has 0 radical (unpaired) electrons. The molecule has 0 atom stereocenters. The second-order valence-electron chi connectivity index (χ2n) is 2.97. The number of halogens is 4. The topological polar surface area (TPSA) is 25.8 Å². The van der Waals surface area contributed by atoms with Crippen molar-refractivity contribution in [2.45, 2.75) is 6.92 Å². The number of nitrogens with zero attached hydrogens (tertiary/aromatic N) is 2. The number of thiophene rings is 1. The largest absolute Gasteiger partial charge is 0.231 e. The first kappa shape index (κ1) is 13.0. The Hall–Kier alpha value is 0.570. The Morgan fingerprint density at radius 1 is 1.38 bits per heavy atom. The van der Waals surface area contributed by atoms with E-state index in [1.54, 1.807) is 0 Å². The van der Waals surface area contributed by atoms with Crippen LogP contribution >= 0.6 is 73.1 Å². The lowest BCUT2D eigenvalue weighted by atomic mass is 10.4. The van der Waals surface area contributed by atoms with Gasteiger partial charge in [0, 0.05) is 4.47 Å².